The summed E-state index contributed by atoms with van der Waals surface area (Å²) in [5.74, 6) is -4.70. The van der Waals surface area contributed by atoms with Crippen molar-refractivity contribution in [2.45, 2.75) is 56.3 Å². The highest BCUT2D eigenvalue weighted by Gasteiger charge is 2.30. The van der Waals surface area contributed by atoms with E-state index in [0.29, 0.717) is 5.69 Å². The highest BCUT2D eigenvalue weighted by atomic mass is 32.1. The molecule has 0 saturated heterocycles. The Labute approximate surface area is 218 Å². The Kier molecular flexibility index (Phi) is 13.5. The second-order valence-corrected chi connectivity index (χ2v) is 8.41. The van der Waals surface area contributed by atoms with Crippen molar-refractivity contribution in [1.82, 2.24) is 25.9 Å². The van der Waals surface area contributed by atoms with Gasteiger partial charge in [-0.05, 0) is 19.3 Å². The average molecular weight is 543 g/mol. The molecule has 0 aliphatic rings. The molecule has 1 aromatic rings. The number of nitrogens with one attached hydrogen (secondary N) is 4. The van der Waals surface area contributed by atoms with Gasteiger partial charge in [0.15, 0.2) is 5.96 Å². The maximum absolute atomic E-state index is 13.1. The summed E-state index contributed by atoms with van der Waals surface area (Å²) in [5.41, 5.74) is 22.3. The minimum absolute atomic E-state index is 0.0731. The van der Waals surface area contributed by atoms with E-state index in [2.05, 4.69) is 43.5 Å². The summed E-state index contributed by atoms with van der Waals surface area (Å²) in [6.45, 7) is 0.163. The number of imidazole rings is 1. The Morgan fingerprint density at radius 1 is 1.00 bits per heavy atom. The maximum Gasteiger partial charge on any atom is 0.327 e. The number of nitrogens with two attached hydrogens (primary N) is 4. The molecule has 0 aromatic carbocycles. The Hall–Kier alpha value is -3.86. The Balaban J connectivity index is 3.00. The number of hydrogen-bond acceptors (Lipinski definition) is 9. The van der Waals surface area contributed by atoms with Gasteiger partial charge in [-0.1, -0.05) is 0 Å². The van der Waals surface area contributed by atoms with Crippen molar-refractivity contribution in [3.63, 3.8) is 0 Å². The first kappa shape index (κ1) is 31.2. The van der Waals surface area contributed by atoms with Gasteiger partial charge in [0.05, 0.1) is 12.4 Å². The number of H-pyrrole nitrogens is 1. The van der Waals surface area contributed by atoms with E-state index < -0.39 is 53.8 Å². The summed E-state index contributed by atoms with van der Waals surface area (Å²) in [4.78, 5) is 71.5. The molecule has 13 N–H and O–H groups in total. The summed E-state index contributed by atoms with van der Waals surface area (Å²) < 4.78 is 0. The lowest BCUT2D eigenvalue weighted by atomic mass is 10.1. The van der Waals surface area contributed by atoms with Crippen molar-refractivity contribution in [3.8, 4) is 0 Å². The molecule has 206 valence electrons. The predicted octanol–water partition coefficient (Wildman–Crippen LogP) is -3.93. The van der Waals surface area contributed by atoms with Gasteiger partial charge in [-0.15, -0.1) is 0 Å². The number of aliphatic carboxylic acids is 1. The van der Waals surface area contributed by atoms with Crippen LogP contribution in [0.4, 0.5) is 0 Å². The molecule has 0 aliphatic heterocycles. The van der Waals surface area contributed by atoms with Crippen LogP contribution >= 0.6 is 12.6 Å². The van der Waals surface area contributed by atoms with Gasteiger partial charge < -0.3 is 49.0 Å². The fourth-order valence-electron chi connectivity index (χ4n) is 3.06. The third-order valence-electron chi connectivity index (χ3n) is 5.02. The van der Waals surface area contributed by atoms with Crippen LogP contribution in [0, 0.1) is 0 Å². The highest BCUT2D eigenvalue weighted by molar-refractivity contribution is 7.80. The summed E-state index contributed by atoms with van der Waals surface area (Å²) >= 11 is 3.88. The molecule has 1 aromatic heterocycles. The first-order chi connectivity index (χ1) is 17.4. The molecule has 0 fully saturated rings. The number of guanidine groups is 1. The summed E-state index contributed by atoms with van der Waals surface area (Å²) in [5, 5.41) is 16.4. The number of carbonyl (C=O) groups excluding carboxylic acids is 4. The second-order valence-electron chi connectivity index (χ2n) is 8.05. The number of hydrogen-bond donors (Lipinski definition) is 10. The highest BCUT2D eigenvalue weighted by Crippen LogP contribution is 2.05. The number of nitrogens with zero attached hydrogens (tertiary/aromatic N) is 2. The topological polar surface area (TPSA) is 287 Å². The molecule has 4 amide bonds. The van der Waals surface area contributed by atoms with Crippen molar-refractivity contribution in [2.75, 3.05) is 12.3 Å². The van der Waals surface area contributed by atoms with Crippen molar-refractivity contribution < 1.29 is 29.1 Å². The number of aromatic amines is 1. The number of amides is 4. The van der Waals surface area contributed by atoms with Gasteiger partial charge in [-0.3, -0.25) is 24.2 Å². The Bertz CT molecular complexity index is 953. The van der Waals surface area contributed by atoms with Crippen LogP contribution in [0.3, 0.4) is 0 Å². The van der Waals surface area contributed by atoms with Crippen LogP contribution in [-0.4, -0.2) is 87.1 Å². The van der Waals surface area contributed by atoms with Crippen molar-refractivity contribution in [3.05, 3.63) is 18.2 Å². The molecule has 0 bridgehead atoms. The van der Waals surface area contributed by atoms with Gasteiger partial charge in [0.1, 0.15) is 18.1 Å². The number of aromatic nitrogens is 2. The number of carboxylic acids is 1. The van der Waals surface area contributed by atoms with Crippen LogP contribution in [0.1, 0.15) is 31.4 Å². The number of thiol groups is 1. The Morgan fingerprint density at radius 2 is 1.59 bits per heavy atom. The molecule has 0 radical (unpaired) electrons. The van der Waals surface area contributed by atoms with E-state index in [1.807, 2.05) is 0 Å². The normalized spacial score (nSPS) is 13.9. The number of carboxylic acid groups (broad SMARTS) is 1. The van der Waals surface area contributed by atoms with E-state index >= 15 is 0 Å². The largest absolute Gasteiger partial charge is 0.480 e. The van der Waals surface area contributed by atoms with Crippen LogP contribution in [0.15, 0.2) is 17.5 Å². The lowest BCUT2D eigenvalue weighted by molar-refractivity contribution is -0.141. The molecule has 4 atom stereocenters. The first-order valence-corrected chi connectivity index (χ1v) is 11.9. The third kappa shape index (κ3) is 12.1. The molecule has 4 unspecified atom stereocenters. The molecule has 16 nitrogen and oxygen atoms in total. The van der Waals surface area contributed by atoms with Crippen molar-refractivity contribution in [2.24, 2.45) is 27.9 Å². The minimum atomic E-state index is -1.33. The SMILES string of the molecule is NC(=O)CCC(NC(=O)C(CCCN=C(N)N)NC(=O)C(N)Cc1cnc[nH]1)C(=O)NC(CS)C(=O)O. The third-order valence-corrected chi connectivity index (χ3v) is 5.38. The summed E-state index contributed by atoms with van der Waals surface area (Å²) in [6.07, 6.45) is 2.93. The zero-order valence-electron chi connectivity index (χ0n) is 20.1. The van der Waals surface area contributed by atoms with Crippen LogP contribution < -0.4 is 38.9 Å². The number of aliphatic imine (C=N–C) groups is 1. The molecule has 17 heteroatoms. The van der Waals surface area contributed by atoms with Gasteiger partial charge in [-0.25, -0.2) is 9.78 Å². The van der Waals surface area contributed by atoms with E-state index in [1.165, 1.54) is 12.5 Å². The second kappa shape index (κ2) is 16.0. The monoisotopic (exact) mass is 542 g/mol. The average Bonchev–Trinajstić information content (AvgIpc) is 3.33. The molecule has 0 saturated carbocycles. The summed E-state index contributed by atoms with van der Waals surface area (Å²) in [6, 6.07) is -4.83. The van der Waals surface area contributed by atoms with E-state index in [1.54, 1.807) is 0 Å². The smallest absolute Gasteiger partial charge is 0.327 e. The fraction of sp³-hybridized carbons (Fsp3) is 0.550. The van der Waals surface area contributed by atoms with E-state index in [0.717, 1.165) is 0 Å². The van der Waals surface area contributed by atoms with Crippen molar-refractivity contribution >= 4 is 48.2 Å². The quantitative estimate of drug-likeness (QED) is 0.0394. The van der Waals surface area contributed by atoms with Crippen LogP contribution in [-0.2, 0) is 30.4 Å². The summed E-state index contributed by atoms with van der Waals surface area (Å²) in [7, 11) is 0. The molecular weight excluding hydrogens is 508 g/mol. The zero-order valence-corrected chi connectivity index (χ0v) is 20.9. The van der Waals surface area contributed by atoms with Gasteiger partial charge in [-0.2, -0.15) is 12.6 Å². The zero-order chi connectivity index (χ0) is 28.0. The van der Waals surface area contributed by atoms with E-state index in [9.17, 15) is 29.1 Å². The fourth-order valence-corrected chi connectivity index (χ4v) is 3.31. The van der Waals surface area contributed by atoms with Crippen LogP contribution in [0.25, 0.3) is 0 Å². The van der Waals surface area contributed by atoms with Gasteiger partial charge in [0.2, 0.25) is 23.6 Å². The lowest BCUT2D eigenvalue weighted by Gasteiger charge is -2.25. The molecule has 1 heterocycles. The Morgan fingerprint density at radius 3 is 2.11 bits per heavy atom. The number of primary amides is 1. The van der Waals surface area contributed by atoms with Gasteiger partial charge in [0.25, 0.3) is 0 Å². The molecule has 1 rings (SSSR count). The van der Waals surface area contributed by atoms with E-state index in [-0.39, 0.29) is 50.4 Å². The van der Waals surface area contributed by atoms with Crippen LogP contribution in [0.5, 0.6) is 0 Å². The molecular formula is C20H34N10O6S. The number of rotatable bonds is 17. The maximum atomic E-state index is 13.1. The number of carbonyl (C=O) groups is 5. The van der Waals surface area contributed by atoms with Crippen LogP contribution in [0.2, 0.25) is 0 Å². The minimum Gasteiger partial charge on any atom is -0.480 e. The van der Waals surface area contributed by atoms with E-state index in [4.69, 9.17) is 22.9 Å². The molecule has 0 aliphatic carbocycles. The van der Waals surface area contributed by atoms with Gasteiger partial charge in [0, 0.05) is 37.0 Å². The predicted molar refractivity (Wildman–Crippen MR) is 136 cm³/mol. The lowest BCUT2D eigenvalue weighted by Crippen LogP contribution is -2.57. The first-order valence-electron chi connectivity index (χ1n) is 11.3. The van der Waals surface area contributed by atoms with Gasteiger partial charge >= 0.3 is 5.97 Å². The molecule has 0 spiro atoms. The standard InChI is InChI=1S/C20H34N10O6S/c21-11(6-10-7-25-9-27-10)16(32)28-12(2-1-5-26-20(23)24)17(33)29-13(3-4-15(22)31)18(34)30-14(8-37)19(35)36/h7,9,11-14,37H,1-6,8,21H2,(H2,22,31)(H,25,27)(H,28,32)(H,29,33)(H,30,34)(H,35,36)(H4,23,24,26). The molecule has 37 heavy (non-hydrogen) atoms. The van der Waals surface area contributed by atoms with Crippen molar-refractivity contribution in [1.29, 1.82) is 0 Å².